The van der Waals surface area contributed by atoms with Crippen molar-refractivity contribution >= 4 is 35.2 Å². The van der Waals surface area contributed by atoms with Crippen molar-refractivity contribution in [2.45, 2.75) is 32.2 Å². The van der Waals surface area contributed by atoms with Crippen molar-refractivity contribution in [3.63, 3.8) is 0 Å². The summed E-state index contributed by atoms with van der Waals surface area (Å²) in [6.45, 7) is 0.931. The van der Waals surface area contributed by atoms with E-state index in [2.05, 4.69) is 0 Å². The highest BCUT2D eigenvalue weighted by molar-refractivity contribution is 6.08. The standard InChI is InChI=1S/C22H22N2O6/c1-12(24-20(27)15-5-3-4-6-16(15)21(24)28)22(29)30-11-18(25)13-7-8-17-14(9-13)10-19(26)23(17)2/h3-4,7-9,12,15-16H,5-6,10-11H2,1-2H3/t12-,15+,16+/m0/s1. The maximum Gasteiger partial charge on any atom is 0.329 e. The Hall–Kier alpha value is -3.29. The second-order valence-electron chi connectivity index (χ2n) is 7.88. The number of carbonyl (C=O) groups excluding carboxylic acids is 5. The zero-order valence-corrected chi connectivity index (χ0v) is 16.8. The third-order valence-corrected chi connectivity index (χ3v) is 6.09. The van der Waals surface area contributed by atoms with Crippen LogP contribution in [0.3, 0.4) is 0 Å². The minimum absolute atomic E-state index is 0.0504. The summed E-state index contributed by atoms with van der Waals surface area (Å²) < 4.78 is 5.12. The Morgan fingerprint density at radius 1 is 1.10 bits per heavy atom. The molecule has 0 aromatic heterocycles. The highest BCUT2D eigenvalue weighted by Gasteiger charge is 2.50. The number of nitrogens with zero attached hydrogens (tertiary/aromatic N) is 2. The van der Waals surface area contributed by atoms with Gasteiger partial charge in [-0.2, -0.15) is 0 Å². The van der Waals surface area contributed by atoms with Crippen molar-refractivity contribution in [2.24, 2.45) is 11.8 Å². The smallest absolute Gasteiger partial charge is 0.329 e. The van der Waals surface area contributed by atoms with E-state index in [1.807, 2.05) is 12.2 Å². The summed E-state index contributed by atoms with van der Waals surface area (Å²) in [4.78, 5) is 64.4. The van der Waals surface area contributed by atoms with E-state index in [4.69, 9.17) is 4.74 Å². The summed E-state index contributed by atoms with van der Waals surface area (Å²) in [7, 11) is 1.67. The molecule has 0 radical (unpaired) electrons. The number of ether oxygens (including phenoxy) is 1. The number of ketones is 1. The summed E-state index contributed by atoms with van der Waals surface area (Å²) in [6.07, 6.45) is 4.95. The predicted octanol–water partition coefficient (Wildman–Crippen LogP) is 1.27. The van der Waals surface area contributed by atoms with Crippen LogP contribution < -0.4 is 4.90 Å². The number of amides is 3. The number of benzene rings is 1. The van der Waals surface area contributed by atoms with Crippen LogP contribution in [0.15, 0.2) is 30.4 Å². The van der Waals surface area contributed by atoms with E-state index in [1.54, 1.807) is 25.2 Å². The third-order valence-electron chi connectivity index (χ3n) is 6.09. The molecule has 8 heteroatoms. The number of rotatable bonds is 5. The van der Waals surface area contributed by atoms with Crippen molar-refractivity contribution in [2.75, 3.05) is 18.6 Å². The summed E-state index contributed by atoms with van der Waals surface area (Å²) >= 11 is 0. The molecule has 0 saturated carbocycles. The Bertz CT molecular complexity index is 971. The van der Waals surface area contributed by atoms with Crippen LogP contribution in [-0.4, -0.2) is 54.1 Å². The molecule has 8 nitrogen and oxygen atoms in total. The number of imide groups is 1. The van der Waals surface area contributed by atoms with Crippen molar-refractivity contribution < 1.29 is 28.7 Å². The highest BCUT2D eigenvalue weighted by atomic mass is 16.5. The number of Topliss-reactive ketones (excluding diaryl/α,β-unsaturated/α-hetero) is 1. The molecule has 3 amide bonds. The largest absolute Gasteiger partial charge is 0.456 e. The average Bonchev–Trinajstić information content (AvgIpc) is 3.18. The molecule has 1 aromatic rings. The lowest BCUT2D eigenvalue weighted by molar-refractivity contribution is -0.157. The molecule has 1 aromatic carbocycles. The number of carbonyl (C=O) groups is 5. The van der Waals surface area contributed by atoms with Crippen LogP contribution >= 0.6 is 0 Å². The van der Waals surface area contributed by atoms with Crippen LogP contribution in [0.2, 0.25) is 0 Å². The van der Waals surface area contributed by atoms with E-state index in [1.165, 1.54) is 11.8 Å². The second-order valence-corrected chi connectivity index (χ2v) is 7.88. The van der Waals surface area contributed by atoms with Crippen LogP contribution in [-0.2, 0) is 30.3 Å². The third kappa shape index (κ3) is 3.22. The first-order valence-corrected chi connectivity index (χ1v) is 9.90. The number of anilines is 1. The molecular formula is C22H22N2O6. The fourth-order valence-corrected chi connectivity index (χ4v) is 4.30. The number of hydrogen-bond acceptors (Lipinski definition) is 6. The molecule has 1 saturated heterocycles. The zero-order valence-electron chi connectivity index (χ0n) is 16.8. The van der Waals surface area contributed by atoms with Gasteiger partial charge in [0.2, 0.25) is 17.7 Å². The topological polar surface area (TPSA) is 101 Å². The van der Waals surface area contributed by atoms with Gasteiger partial charge in [0, 0.05) is 18.3 Å². The first-order valence-electron chi connectivity index (χ1n) is 9.90. The maximum absolute atomic E-state index is 12.6. The van der Waals surface area contributed by atoms with Gasteiger partial charge in [-0.1, -0.05) is 12.2 Å². The Balaban J connectivity index is 1.38. The van der Waals surface area contributed by atoms with Gasteiger partial charge in [-0.05, 0) is 43.5 Å². The number of fused-ring (bicyclic) bond motifs is 2. The average molecular weight is 410 g/mol. The fourth-order valence-electron chi connectivity index (χ4n) is 4.30. The number of allylic oxidation sites excluding steroid dienone is 2. The molecule has 3 atom stereocenters. The predicted molar refractivity (Wildman–Crippen MR) is 106 cm³/mol. The molecule has 2 aliphatic heterocycles. The van der Waals surface area contributed by atoms with E-state index in [9.17, 15) is 24.0 Å². The van der Waals surface area contributed by atoms with Gasteiger partial charge in [-0.15, -0.1) is 0 Å². The van der Waals surface area contributed by atoms with Gasteiger partial charge >= 0.3 is 5.97 Å². The zero-order chi connectivity index (χ0) is 21.6. The Labute approximate surface area is 173 Å². The monoisotopic (exact) mass is 410 g/mol. The Kier molecular flexibility index (Phi) is 5.01. The second kappa shape index (κ2) is 7.51. The fraction of sp³-hybridized carbons (Fsp3) is 0.409. The van der Waals surface area contributed by atoms with Crippen molar-refractivity contribution in [3.8, 4) is 0 Å². The van der Waals surface area contributed by atoms with E-state index < -0.39 is 36.2 Å². The molecule has 0 unspecified atom stereocenters. The quantitative estimate of drug-likeness (QED) is 0.314. The molecule has 4 rings (SSSR count). The molecule has 2 heterocycles. The van der Waals surface area contributed by atoms with Gasteiger partial charge in [0.25, 0.3) is 0 Å². The van der Waals surface area contributed by atoms with Gasteiger partial charge in [0.05, 0.1) is 18.3 Å². The Morgan fingerprint density at radius 3 is 2.37 bits per heavy atom. The molecule has 3 aliphatic rings. The first kappa shape index (κ1) is 20.0. The van der Waals surface area contributed by atoms with Gasteiger partial charge in [-0.25, -0.2) is 4.79 Å². The number of likely N-dealkylation sites (N-methyl/N-ethyl adjacent to an activating group) is 1. The van der Waals surface area contributed by atoms with E-state index in [0.717, 1.165) is 16.2 Å². The lowest BCUT2D eigenvalue weighted by Crippen LogP contribution is -2.44. The number of hydrogen-bond donors (Lipinski definition) is 0. The summed E-state index contributed by atoms with van der Waals surface area (Å²) in [5, 5.41) is 0. The Morgan fingerprint density at radius 2 is 1.73 bits per heavy atom. The molecule has 0 N–H and O–H groups in total. The minimum Gasteiger partial charge on any atom is -0.456 e. The van der Waals surface area contributed by atoms with E-state index >= 15 is 0 Å². The van der Waals surface area contributed by atoms with Crippen LogP contribution in [0.25, 0.3) is 0 Å². The summed E-state index contributed by atoms with van der Waals surface area (Å²) in [5.74, 6) is -2.84. The molecule has 0 spiro atoms. The van der Waals surface area contributed by atoms with E-state index in [-0.39, 0.29) is 24.1 Å². The number of esters is 1. The molecule has 1 fully saturated rings. The van der Waals surface area contributed by atoms with Gasteiger partial charge in [0.1, 0.15) is 6.04 Å². The lowest BCUT2D eigenvalue weighted by atomic mass is 9.85. The molecule has 1 aliphatic carbocycles. The van der Waals surface area contributed by atoms with E-state index in [0.29, 0.717) is 18.4 Å². The van der Waals surface area contributed by atoms with Crippen molar-refractivity contribution in [1.82, 2.24) is 4.90 Å². The molecule has 156 valence electrons. The first-order chi connectivity index (χ1) is 14.3. The minimum atomic E-state index is -1.09. The maximum atomic E-state index is 12.6. The van der Waals surface area contributed by atoms with Crippen LogP contribution in [0, 0.1) is 11.8 Å². The highest BCUT2D eigenvalue weighted by Crippen LogP contribution is 2.36. The summed E-state index contributed by atoms with van der Waals surface area (Å²) in [5.41, 5.74) is 1.84. The van der Waals surface area contributed by atoms with Crippen molar-refractivity contribution in [1.29, 1.82) is 0 Å². The van der Waals surface area contributed by atoms with Crippen LogP contribution in [0.4, 0.5) is 5.69 Å². The van der Waals surface area contributed by atoms with Crippen LogP contribution in [0.1, 0.15) is 35.7 Å². The number of likely N-dealkylation sites (tertiary alicyclic amines) is 1. The molecule has 0 bridgehead atoms. The van der Waals surface area contributed by atoms with Crippen molar-refractivity contribution in [3.05, 3.63) is 41.5 Å². The van der Waals surface area contributed by atoms with Gasteiger partial charge < -0.3 is 9.64 Å². The lowest BCUT2D eigenvalue weighted by Gasteiger charge is -2.21. The van der Waals surface area contributed by atoms with Gasteiger partial charge in [0.15, 0.2) is 12.4 Å². The molecule has 30 heavy (non-hydrogen) atoms. The van der Waals surface area contributed by atoms with Gasteiger partial charge in [-0.3, -0.25) is 24.1 Å². The molecular weight excluding hydrogens is 388 g/mol. The normalized spacial score (nSPS) is 23.5. The van der Waals surface area contributed by atoms with Crippen LogP contribution in [0.5, 0.6) is 0 Å². The summed E-state index contributed by atoms with van der Waals surface area (Å²) in [6, 6.07) is 3.81. The SMILES string of the molecule is C[C@@H](C(=O)OCC(=O)c1ccc2c(c1)CC(=O)N2C)N1C(=O)[C@@H]2CC=CC[C@H]2C1=O.